The molecule has 0 bridgehead atoms. The van der Waals surface area contributed by atoms with Gasteiger partial charge in [0.05, 0.1) is 29.1 Å². The van der Waals surface area contributed by atoms with Crippen LogP contribution in [0.1, 0.15) is 25.8 Å². The maximum Gasteiger partial charge on any atom is 0.244 e. The first kappa shape index (κ1) is 27.8. The Morgan fingerprint density at radius 2 is 1.79 bits per heavy atom. The summed E-state index contributed by atoms with van der Waals surface area (Å²) in [5.74, 6) is -0.297. The number of halogens is 2. The Labute approximate surface area is 210 Å². The van der Waals surface area contributed by atoms with Crippen molar-refractivity contribution in [2.75, 3.05) is 30.8 Å². The van der Waals surface area contributed by atoms with Gasteiger partial charge in [-0.1, -0.05) is 48.3 Å². The van der Waals surface area contributed by atoms with E-state index in [4.69, 9.17) is 27.9 Å². The smallest absolute Gasteiger partial charge is 0.244 e. The van der Waals surface area contributed by atoms with Crippen LogP contribution in [0.5, 0.6) is 5.75 Å². The van der Waals surface area contributed by atoms with Gasteiger partial charge in [-0.25, -0.2) is 8.42 Å². The number of rotatable bonds is 11. The van der Waals surface area contributed by atoms with Gasteiger partial charge >= 0.3 is 0 Å². The Kier molecular flexibility index (Phi) is 10.0. The Morgan fingerprint density at radius 1 is 1.12 bits per heavy atom. The van der Waals surface area contributed by atoms with Crippen LogP contribution >= 0.6 is 23.2 Å². The topological polar surface area (TPSA) is 96.0 Å². The van der Waals surface area contributed by atoms with Crippen molar-refractivity contribution in [3.63, 3.8) is 0 Å². The molecule has 0 heterocycles. The molecule has 0 saturated carbocycles. The van der Waals surface area contributed by atoms with Crippen LogP contribution in [-0.2, 0) is 26.2 Å². The summed E-state index contributed by atoms with van der Waals surface area (Å²) in [6.07, 6.45) is 1.31. The molecular formula is C23H29Cl2N3O5S. The molecule has 2 aromatic rings. The van der Waals surface area contributed by atoms with Crippen LogP contribution in [0.15, 0.2) is 42.5 Å². The number of hydrogen-bond donors (Lipinski definition) is 1. The van der Waals surface area contributed by atoms with E-state index in [2.05, 4.69) is 5.32 Å². The third kappa shape index (κ3) is 7.01. The number of carbonyl (C=O) groups is 2. The Hall–Kier alpha value is -2.49. The van der Waals surface area contributed by atoms with E-state index in [9.17, 15) is 18.0 Å². The highest BCUT2D eigenvalue weighted by Crippen LogP contribution is 2.33. The highest BCUT2D eigenvalue weighted by molar-refractivity contribution is 7.92. The van der Waals surface area contributed by atoms with Gasteiger partial charge in [0, 0.05) is 13.1 Å². The van der Waals surface area contributed by atoms with Gasteiger partial charge < -0.3 is 15.0 Å². The van der Waals surface area contributed by atoms with Gasteiger partial charge in [0.15, 0.2) is 0 Å². The van der Waals surface area contributed by atoms with Crippen molar-refractivity contribution >= 4 is 50.7 Å². The number of likely N-dealkylation sites (N-methyl/N-ethyl adjacent to an activating group) is 1. The van der Waals surface area contributed by atoms with Gasteiger partial charge in [0.25, 0.3) is 0 Å². The second-order valence-corrected chi connectivity index (χ2v) is 10.2. The fourth-order valence-electron chi connectivity index (χ4n) is 3.46. The molecule has 1 atom stereocenters. The largest absolute Gasteiger partial charge is 0.497 e. The van der Waals surface area contributed by atoms with E-state index >= 15 is 0 Å². The maximum absolute atomic E-state index is 13.6. The van der Waals surface area contributed by atoms with E-state index in [1.807, 2.05) is 0 Å². The minimum Gasteiger partial charge on any atom is -0.497 e. The second kappa shape index (κ2) is 12.3. The van der Waals surface area contributed by atoms with Crippen LogP contribution in [0.3, 0.4) is 0 Å². The number of nitrogens with zero attached hydrogens (tertiary/aromatic N) is 2. The van der Waals surface area contributed by atoms with Crippen molar-refractivity contribution in [2.24, 2.45) is 0 Å². The van der Waals surface area contributed by atoms with Crippen molar-refractivity contribution in [3.05, 3.63) is 58.1 Å². The van der Waals surface area contributed by atoms with Crippen molar-refractivity contribution in [2.45, 2.75) is 32.9 Å². The third-order valence-corrected chi connectivity index (χ3v) is 7.04. The molecule has 186 valence electrons. The molecule has 8 nitrogen and oxygen atoms in total. The summed E-state index contributed by atoms with van der Waals surface area (Å²) in [5, 5.41) is 2.91. The lowest BCUT2D eigenvalue weighted by molar-refractivity contribution is -0.140. The molecule has 0 aliphatic carbocycles. The standard InChI is InChI=1S/C23H29Cl2N3O5S/c1-5-19(23(30)26-6-2)27(14-16-9-7-10-17(13-16)33-3)21(29)15-28(34(4,31)32)20-12-8-11-18(24)22(20)25/h7-13,19H,5-6,14-15H2,1-4H3,(H,26,30)/t19-/m1/s1. The van der Waals surface area contributed by atoms with Gasteiger partial charge in [-0.15, -0.1) is 0 Å². The summed E-state index contributed by atoms with van der Waals surface area (Å²) in [6.45, 7) is 3.48. The SMILES string of the molecule is CCNC(=O)[C@@H](CC)N(Cc1cccc(OC)c1)C(=O)CN(c1cccc(Cl)c1Cl)S(C)(=O)=O. The van der Waals surface area contributed by atoms with Gasteiger partial charge in [0.2, 0.25) is 21.8 Å². The average molecular weight is 530 g/mol. The summed E-state index contributed by atoms with van der Waals surface area (Å²) < 4.78 is 31.4. The predicted molar refractivity (Wildman–Crippen MR) is 135 cm³/mol. The molecule has 0 aliphatic rings. The molecule has 0 spiro atoms. The number of benzene rings is 2. The quantitative estimate of drug-likeness (QED) is 0.478. The first-order chi connectivity index (χ1) is 16.0. The van der Waals surface area contributed by atoms with Crippen molar-refractivity contribution < 1.29 is 22.7 Å². The van der Waals surface area contributed by atoms with Gasteiger partial charge in [-0.2, -0.15) is 0 Å². The number of sulfonamides is 1. The first-order valence-corrected chi connectivity index (χ1v) is 13.3. The molecule has 0 fully saturated rings. The van der Waals surface area contributed by atoms with E-state index in [0.717, 1.165) is 16.1 Å². The third-order valence-electron chi connectivity index (χ3n) is 5.10. The molecule has 0 saturated heterocycles. The normalized spacial score (nSPS) is 12.1. The van der Waals surface area contributed by atoms with Crippen molar-refractivity contribution in [3.8, 4) is 5.75 Å². The zero-order valence-electron chi connectivity index (χ0n) is 19.5. The van der Waals surface area contributed by atoms with Crippen LogP contribution < -0.4 is 14.4 Å². The first-order valence-electron chi connectivity index (χ1n) is 10.6. The minimum atomic E-state index is -3.91. The molecule has 2 aromatic carbocycles. The summed E-state index contributed by atoms with van der Waals surface area (Å²) >= 11 is 12.3. The Bertz CT molecular complexity index is 1130. The summed E-state index contributed by atoms with van der Waals surface area (Å²) in [4.78, 5) is 27.7. The van der Waals surface area contributed by atoms with Gasteiger partial charge in [-0.3, -0.25) is 13.9 Å². The number of amides is 2. The minimum absolute atomic E-state index is 0.0116. The molecule has 1 N–H and O–H groups in total. The molecule has 34 heavy (non-hydrogen) atoms. The average Bonchev–Trinajstić information content (AvgIpc) is 2.79. The number of hydrogen-bond acceptors (Lipinski definition) is 5. The highest BCUT2D eigenvalue weighted by atomic mass is 35.5. The molecule has 11 heteroatoms. The lowest BCUT2D eigenvalue weighted by Gasteiger charge is -2.33. The van der Waals surface area contributed by atoms with E-state index in [1.54, 1.807) is 44.2 Å². The van der Waals surface area contributed by atoms with Crippen LogP contribution in [0, 0.1) is 0 Å². The molecule has 2 amide bonds. The van der Waals surface area contributed by atoms with E-state index < -0.39 is 28.5 Å². The number of carbonyl (C=O) groups excluding carboxylic acids is 2. The fraction of sp³-hybridized carbons (Fsp3) is 0.391. The second-order valence-electron chi connectivity index (χ2n) is 7.53. The molecule has 0 aliphatic heterocycles. The Morgan fingerprint density at radius 3 is 2.38 bits per heavy atom. The zero-order chi connectivity index (χ0) is 25.5. The zero-order valence-corrected chi connectivity index (χ0v) is 21.9. The van der Waals surface area contributed by atoms with Gasteiger partial charge in [0.1, 0.15) is 18.3 Å². The number of nitrogens with one attached hydrogen (secondary N) is 1. The molecule has 0 radical (unpaired) electrons. The van der Waals surface area contributed by atoms with Crippen LogP contribution in [0.25, 0.3) is 0 Å². The maximum atomic E-state index is 13.6. The summed E-state index contributed by atoms with van der Waals surface area (Å²) in [7, 11) is -2.38. The molecule has 0 aromatic heterocycles. The molecule has 0 unspecified atom stereocenters. The van der Waals surface area contributed by atoms with E-state index in [0.29, 0.717) is 18.7 Å². The molecule has 2 rings (SSSR count). The lowest BCUT2D eigenvalue weighted by Crippen LogP contribution is -2.52. The lowest BCUT2D eigenvalue weighted by atomic mass is 10.1. The van der Waals surface area contributed by atoms with Crippen molar-refractivity contribution in [1.29, 1.82) is 0 Å². The fourth-order valence-corrected chi connectivity index (χ4v) is 4.76. The number of anilines is 1. The monoisotopic (exact) mass is 529 g/mol. The number of methoxy groups -OCH3 is 1. The molecular weight excluding hydrogens is 501 g/mol. The van der Waals surface area contributed by atoms with Crippen molar-refractivity contribution in [1.82, 2.24) is 10.2 Å². The Balaban J connectivity index is 2.49. The summed E-state index contributed by atoms with van der Waals surface area (Å²) in [6, 6.07) is 10.8. The van der Waals surface area contributed by atoms with E-state index in [1.165, 1.54) is 24.1 Å². The number of ether oxygens (including phenoxy) is 1. The highest BCUT2D eigenvalue weighted by Gasteiger charge is 2.32. The van der Waals surface area contributed by atoms with Crippen LogP contribution in [0.4, 0.5) is 5.69 Å². The van der Waals surface area contributed by atoms with E-state index in [-0.39, 0.29) is 28.2 Å². The van der Waals surface area contributed by atoms with Gasteiger partial charge in [-0.05, 0) is 43.2 Å². The van der Waals surface area contributed by atoms with Crippen LogP contribution in [0.2, 0.25) is 10.0 Å². The predicted octanol–water partition coefficient (Wildman–Crippen LogP) is 3.71. The summed E-state index contributed by atoms with van der Waals surface area (Å²) in [5.41, 5.74) is 0.805. The van der Waals surface area contributed by atoms with Crippen LogP contribution in [-0.4, -0.2) is 57.6 Å².